The Morgan fingerprint density at radius 2 is 2.14 bits per heavy atom. The van der Waals surface area contributed by atoms with Gasteiger partial charge in [0.25, 0.3) is 0 Å². The first-order valence-corrected chi connectivity index (χ1v) is 7.69. The largest absolute Gasteiger partial charge is 0.392 e. The van der Waals surface area contributed by atoms with Crippen LogP contribution < -0.4 is 5.32 Å². The first kappa shape index (κ1) is 16.1. The van der Waals surface area contributed by atoms with Crippen LogP contribution in [0.3, 0.4) is 0 Å². The van der Waals surface area contributed by atoms with Crippen LogP contribution in [0.2, 0.25) is 5.02 Å². The molecule has 1 aliphatic rings. The number of aliphatic hydroxyl groups excluding tert-OH is 1. The molecule has 114 valence electrons. The molecule has 0 saturated carbocycles. The van der Waals surface area contributed by atoms with E-state index in [0.717, 1.165) is 43.5 Å². The van der Waals surface area contributed by atoms with E-state index < -0.39 is 0 Å². The molecule has 1 aromatic rings. The maximum atomic E-state index is 9.40. The van der Waals surface area contributed by atoms with Crippen LogP contribution in [-0.4, -0.2) is 24.9 Å². The number of aliphatic hydroxyl groups is 1. The van der Waals surface area contributed by atoms with Crippen molar-refractivity contribution in [2.75, 3.05) is 25.1 Å². The summed E-state index contributed by atoms with van der Waals surface area (Å²) in [5, 5.41) is 22.5. The highest BCUT2D eigenvalue weighted by atomic mass is 35.5. The molecule has 0 unspecified atom stereocenters. The molecular weight excluding hydrogens is 288 g/mol. The Hall–Kier alpha value is -1.28. The number of hydrogen-bond acceptors (Lipinski definition) is 4. The number of hydrogen-bond donors (Lipinski definition) is 2. The van der Waals surface area contributed by atoms with Crippen LogP contribution in [0.4, 0.5) is 5.69 Å². The molecule has 2 N–H and O–H groups in total. The molecule has 4 nitrogen and oxygen atoms in total. The summed E-state index contributed by atoms with van der Waals surface area (Å²) < 4.78 is 5.34. The molecule has 2 rings (SSSR count). The minimum Gasteiger partial charge on any atom is -0.392 e. The fourth-order valence-corrected chi connectivity index (χ4v) is 2.82. The van der Waals surface area contributed by atoms with Gasteiger partial charge in [0.2, 0.25) is 0 Å². The lowest BCUT2D eigenvalue weighted by molar-refractivity contribution is 0.0365. The third-order valence-electron chi connectivity index (χ3n) is 4.05. The summed E-state index contributed by atoms with van der Waals surface area (Å²) in [6.45, 7) is 2.14. The topological polar surface area (TPSA) is 65.3 Å². The molecule has 5 heteroatoms. The lowest BCUT2D eigenvalue weighted by Gasteiger charge is -2.30. The van der Waals surface area contributed by atoms with Gasteiger partial charge in [0.1, 0.15) is 0 Å². The Labute approximate surface area is 130 Å². The zero-order valence-corrected chi connectivity index (χ0v) is 12.8. The van der Waals surface area contributed by atoms with Gasteiger partial charge >= 0.3 is 0 Å². The monoisotopic (exact) mass is 308 g/mol. The molecule has 0 radical (unpaired) electrons. The van der Waals surface area contributed by atoms with Crippen molar-refractivity contribution in [3.63, 3.8) is 0 Å². The fraction of sp³-hybridized carbons (Fsp3) is 0.562. The minimum atomic E-state index is -0.226. The van der Waals surface area contributed by atoms with Gasteiger partial charge in [-0.2, -0.15) is 5.26 Å². The van der Waals surface area contributed by atoms with E-state index in [2.05, 4.69) is 11.4 Å². The van der Waals surface area contributed by atoms with Gasteiger partial charge in [0, 0.05) is 19.8 Å². The highest BCUT2D eigenvalue weighted by Gasteiger charge is 2.31. The third kappa shape index (κ3) is 4.34. The second-order valence-corrected chi connectivity index (χ2v) is 5.91. The van der Waals surface area contributed by atoms with Crippen molar-refractivity contribution in [3.05, 3.63) is 28.8 Å². The molecule has 0 amide bonds. The van der Waals surface area contributed by atoms with Crippen molar-refractivity contribution in [3.8, 4) is 6.07 Å². The Kier molecular flexibility index (Phi) is 5.86. The molecule has 1 fully saturated rings. The van der Waals surface area contributed by atoms with Crippen LogP contribution >= 0.6 is 11.6 Å². The maximum Gasteiger partial charge on any atom is 0.0691 e. The maximum absolute atomic E-state index is 9.40. The molecule has 21 heavy (non-hydrogen) atoms. The fourth-order valence-electron chi connectivity index (χ4n) is 2.64. The van der Waals surface area contributed by atoms with Crippen LogP contribution in [-0.2, 0) is 11.3 Å². The molecule has 0 spiro atoms. The number of rotatable bonds is 6. The van der Waals surface area contributed by atoms with Crippen molar-refractivity contribution in [2.45, 2.75) is 32.3 Å². The molecule has 1 aromatic carbocycles. The van der Waals surface area contributed by atoms with E-state index in [1.165, 1.54) is 0 Å². The number of ether oxygens (including phenoxy) is 1. The van der Waals surface area contributed by atoms with Crippen LogP contribution in [0.5, 0.6) is 0 Å². The highest BCUT2D eigenvalue weighted by Crippen LogP contribution is 2.34. The number of anilines is 1. The number of nitriles is 1. The highest BCUT2D eigenvalue weighted by molar-refractivity contribution is 6.33. The van der Waals surface area contributed by atoms with Gasteiger partial charge in [-0.05, 0) is 43.4 Å². The van der Waals surface area contributed by atoms with Gasteiger partial charge in [-0.25, -0.2) is 0 Å². The molecule has 1 heterocycles. The summed E-state index contributed by atoms with van der Waals surface area (Å²) >= 11 is 6.12. The smallest absolute Gasteiger partial charge is 0.0691 e. The van der Waals surface area contributed by atoms with Crippen molar-refractivity contribution in [1.82, 2.24) is 0 Å². The average Bonchev–Trinajstić information content (AvgIpc) is 2.54. The molecule has 0 aromatic heterocycles. The molecule has 0 bridgehead atoms. The minimum absolute atomic E-state index is 0.00337. The lowest BCUT2D eigenvalue weighted by Crippen LogP contribution is -2.28. The molecular formula is C16H21ClN2O2. The Balaban J connectivity index is 1.83. The Morgan fingerprint density at radius 1 is 1.38 bits per heavy atom. The number of nitrogens with zero attached hydrogens (tertiary/aromatic N) is 1. The number of nitrogens with one attached hydrogen (secondary N) is 1. The molecule has 1 saturated heterocycles. The quantitative estimate of drug-likeness (QED) is 0.791. The molecule has 1 aliphatic heterocycles. The van der Waals surface area contributed by atoms with E-state index in [4.69, 9.17) is 21.4 Å². The standard InChI is InChI=1S/C16H21ClN2O2/c17-14-3-2-13(11-20)10-15(14)19-7-1-4-16(12-18)5-8-21-9-6-16/h2-3,10,19-20H,1,4-9,11H2. The third-order valence-corrected chi connectivity index (χ3v) is 4.38. The van der Waals surface area contributed by atoms with Gasteiger partial charge in [0.05, 0.1) is 28.8 Å². The predicted octanol–water partition coefficient (Wildman–Crippen LogP) is 3.34. The lowest BCUT2D eigenvalue weighted by atomic mass is 9.78. The van der Waals surface area contributed by atoms with Gasteiger partial charge in [-0.1, -0.05) is 17.7 Å². The van der Waals surface area contributed by atoms with Crippen molar-refractivity contribution in [2.24, 2.45) is 5.41 Å². The van der Waals surface area contributed by atoms with Crippen molar-refractivity contribution >= 4 is 17.3 Å². The summed E-state index contributed by atoms with van der Waals surface area (Å²) in [5.41, 5.74) is 1.44. The van der Waals surface area contributed by atoms with Gasteiger partial charge < -0.3 is 15.2 Å². The van der Waals surface area contributed by atoms with Gasteiger partial charge in [-0.3, -0.25) is 0 Å². The van der Waals surface area contributed by atoms with Crippen LogP contribution in [0.1, 0.15) is 31.2 Å². The van der Waals surface area contributed by atoms with Crippen molar-refractivity contribution in [1.29, 1.82) is 5.26 Å². The first-order valence-electron chi connectivity index (χ1n) is 7.31. The van der Waals surface area contributed by atoms with Crippen LogP contribution in [0.15, 0.2) is 18.2 Å². The summed E-state index contributed by atoms with van der Waals surface area (Å²) in [7, 11) is 0. The normalized spacial score (nSPS) is 17.2. The zero-order chi connectivity index (χ0) is 15.1. The SMILES string of the molecule is N#CC1(CCCNc2cc(CO)ccc2Cl)CCOCC1. The summed E-state index contributed by atoms with van der Waals surface area (Å²) in [6.07, 6.45) is 3.43. The van der Waals surface area contributed by atoms with Crippen LogP contribution in [0, 0.1) is 16.7 Å². The second-order valence-electron chi connectivity index (χ2n) is 5.51. The summed E-state index contributed by atoms with van der Waals surface area (Å²) in [6, 6.07) is 7.92. The summed E-state index contributed by atoms with van der Waals surface area (Å²) in [5.74, 6) is 0. The van der Waals surface area contributed by atoms with E-state index in [-0.39, 0.29) is 12.0 Å². The second kappa shape index (κ2) is 7.65. The van der Waals surface area contributed by atoms with Crippen molar-refractivity contribution < 1.29 is 9.84 Å². The van der Waals surface area contributed by atoms with Gasteiger partial charge in [0.15, 0.2) is 0 Å². The number of halogens is 1. The average molecular weight is 309 g/mol. The van der Waals surface area contributed by atoms with E-state index in [9.17, 15) is 5.26 Å². The van der Waals surface area contributed by atoms with E-state index in [0.29, 0.717) is 18.2 Å². The summed E-state index contributed by atoms with van der Waals surface area (Å²) in [4.78, 5) is 0. The van der Waals surface area contributed by atoms with E-state index in [1.54, 1.807) is 12.1 Å². The number of benzene rings is 1. The van der Waals surface area contributed by atoms with E-state index in [1.807, 2.05) is 6.07 Å². The Bertz CT molecular complexity index is 507. The Morgan fingerprint density at radius 3 is 2.81 bits per heavy atom. The van der Waals surface area contributed by atoms with Gasteiger partial charge in [-0.15, -0.1) is 0 Å². The molecule has 0 aliphatic carbocycles. The molecule has 0 atom stereocenters. The first-order chi connectivity index (χ1) is 10.2. The predicted molar refractivity (Wildman–Crippen MR) is 83.2 cm³/mol. The van der Waals surface area contributed by atoms with Crippen LogP contribution in [0.25, 0.3) is 0 Å². The van der Waals surface area contributed by atoms with E-state index >= 15 is 0 Å². The zero-order valence-electron chi connectivity index (χ0n) is 12.1.